The van der Waals surface area contributed by atoms with Crippen LogP contribution >= 0.6 is 0 Å². The average molecular weight is 227 g/mol. The zero-order valence-electron chi connectivity index (χ0n) is 12.1. The normalized spacial score (nSPS) is 27.0. The molecule has 1 fully saturated rings. The highest BCUT2D eigenvalue weighted by Gasteiger charge is 2.41. The molecular weight excluding hydrogens is 198 g/mol. The van der Waals surface area contributed by atoms with E-state index < -0.39 is 0 Å². The first-order valence-corrected chi connectivity index (χ1v) is 6.49. The van der Waals surface area contributed by atoms with Gasteiger partial charge in [0.2, 0.25) is 0 Å². The van der Waals surface area contributed by atoms with Gasteiger partial charge in [0.05, 0.1) is 6.10 Å². The first-order chi connectivity index (χ1) is 7.17. The SMILES string of the molecule is COC(C(C)C)C1CC(C)(C)NC(C)(C)C1. The lowest BCUT2D eigenvalue weighted by molar-refractivity contribution is -0.0267. The van der Waals surface area contributed by atoms with E-state index in [0.29, 0.717) is 17.9 Å². The van der Waals surface area contributed by atoms with Crippen molar-refractivity contribution in [3.05, 3.63) is 0 Å². The molecule has 1 rings (SSSR count). The van der Waals surface area contributed by atoms with Crippen molar-refractivity contribution >= 4 is 0 Å². The number of piperidine rings is 1. The van der Waals surface area contributed by atoms with Crippen LogP contribution in [0.4, 0.5) is 0 Å². The Morgan fingerprint density at radius 1 is 1.06 bits per heavy atom. The molecule has 1 aliphatic heterocycles. The van der Waals surface area contributed by atoms with Crippen LogP contribution in [-0.4, -0.2) is 24.3 Å². The van der Waals surface area contributed by atoms with Gasteiger partial charge < -0.3 is 10.1 Å². The van der Waals surface area contributed by atoms with Gasteiger partial charge in [-0.05, 0) is 52.4 Å². The summed E-state index contributed by atoms with van der Waals surface area (Å²) in [7, 11) is 1.85. The maximum atomic E-state index is 5.71. The number of hydrogen-bond acceptors (Lipinski definition) is 2. The summed E-state index contributed by atoms with van der Waals surface area (Å²) in [5.74, 6) is 1.26. The fourth-order valence-corrected chi connectivity index (χ4v) is 3.64. The van der Waals surface area contributed by atoms with Gasteiger partial charge in [-0.3, -0.25) is 0 Å². The van der Waals surface area contributed by atoms with Crippen LogP contribution in [0, 0.1) is 11.8 Å². The van der Waals surface area contributed by atoms with E-state index in [2.05, 4.69) is 46.9 Å². The summed E-state index contributed by atoms with van der Waals surface area (Å²) in [6, 6.07) is 0. The molecule has 1 saturated heterocycles. The molecule has 1 aliphatic rings. The van der Waals surface area contributed by atoms with Crippen molar-refractivity contribution in [2.75, 3.05) is 7.11 Å². The topological polar surface area (TPSA) is 21.3 Å². The third-order valence-corrected chi connectivity index (χ3v) is 3.62. The molecule has 0 amide bonds. The summed E-state index contributed by atoms with van der Waals surface area (Å²) >= 11 is 0. The lowest BCUT2D eigenvalue weighted by Gasteiger charge is -2.49. The Morgan fingerprint density at radius 3 is 1.81 bits per heavy atom. The monoisotopic (exact) mass is 227 g/mol. The number of nitrogens with one attached hydrogen (secondary N) is 1. The fraction of sp³-hybridized carbons (Fsp3) is 1.00. The summed E-state index contributed by atoms with van der Waals surface area (Å²) < 4.78 is 5.71. The third kappa shape index (κ3) is 3.46. The van der Waals surface area contributed by atoms with Gasteiger partial charge in [0.15, 0.2) is 0 Å². The van der Waals surface area contributed by atoms with Crippen molar-refractivity contribution in [3.8, 4) is 0 Å². The van der Waals surface area contributed by atoms with E-state index in [4.69, 9.17) is 4.74 Å². The van der Waals surface area contributed by atoms with Crippen molar-refractivity contribution in [2.24, 2.45) is 11.8 Å². The van der Waals surface area contributed by atoms with Gasteiger partial charge in [-0.25, -0.2) is 0 Å². The third-order valence-electron chi connectivity index (χ3n) is 3.62. The number of methoxy groups -OCH3 is 1. The fourth-order valence-electron chi connectivity index (χ4n) is 3.64. The van der Waals surface area contributed by atoms with Crippen LogP contribution < -0.4 is 5.32 Å². The van der Waals surface area contributed by atoms with Crippen LogP contribution in [0.5, 0.6) is 0 Å². The Labute approximate surface area is 101 Å². The smallest absolute Gasteiger partial charge is 0.0623 e. The van der Waals surface area contributed by atoms with E-state index in [-0.39, 0.29) is 11.1 Å². The van der Waals surface area contributed by atoms with E-state index in [1.165, 1.54) is 12.8 Å². The molecule has 1 N–H and O–H groups in total. The zero-order chi connectivity index (χ0) is 12.6. The van der Waals surface area contributed by atoms with Crippen LogP contribution in [0.1, 0.15) is 54.4 Å². The molecule has 1 atom stereocenters. The van der Waals surface area contributed by atoms with Gasteiger partial charge >= 0.3 is 0 Å². The Hall–Kier alpha value is -0.0800. The standard InChI is InChI=1S/C14H29NO/c1-10(2)12(16-7)11-8-13(3,4)15-14(5,6)9-11/h10-12,15H,8-9H2,1-7H3. The number of hydrogen-bond donors (Lipinski definition) is 1. The van der Waals surface area contributed by atoms with Crippen LogP contribution in [0.2, 0.25) is 0 Å². The number of ether oxygens (including phenoxy) is 1. The molecule has 0 aromatic heterocycles. The second-order valence-corrected chi connectivity index (χ2v) is 7.01. The summed E-state index contributed by atoms with van der Waals surface area (Å²) in [5.41, 5.74) is 0.441. The van der Waals surface area contributed by atoms with Crippen molar-refractivity contribution in [1.82, 2.24) is 5.32 Å². The maximum Gasteiger partial charge on any atom is 0.0623 e. The summed E-state index contributed by atoms with van der Waals surface area (Å²) in [6.45, 7) is 13.7. The minimum absolute atomic E-state index is 0.220. The lowest BCUT2D eigenvalue weighted by Crippen LogP contribution is -2.59. The molecule has 1 heterocycles. The van der Waals surface area contributed by atoms with Crippen LogP contribution in [0.3, 0.4) is 0 Å². The van der Waals surface area contributed by atoms with Crippen molar-refractivity contribution < 1.29 is 4.74 Å². The quantitative estimate of drug-likeness (QED) is 0.799. The lowest BCUT2D eigenvalue weighted by atomic mass is 9.72. The molecule has 16 heavy (non-hydrogen) atoms. The van der Waals surface area contributed by atoms with Crippen LogP contribution in [-0.2, 0) is 4.74 Å². The molecule has 0 spiro atoms. The van der Waals surface area contributed by atoms with Gasteiger partial charge in [0.25, 0.3) is 0 Å². The Morgan fingerprint density at radius 2 is 1.50 bits per heavy atom. The minimum Gasteiger partial charge on any atom is -0.381 e. The van der Waals surface area contributed by atoms with E-state index in [9.17, 15) is 0 Å². The largest absolute Gasteiger partial charge is 0.381 e. The van der Waals surface area contributed by atoms with Gasteiger partial charge in [0.1, 0.15) is 0 Å². The predicted octanol–water partition coefficient (Wildman–Crippen LogP) is 3.21. The van der Waals surface area contributed by atoms with Gasteiger partial charge in [-0.2, -0.15) is 0 Å². The summed E-state index contributed by atoms with van der Waals surface area (Å²) in [4.78, 5) is 0. The molecule has 0 radical (unpaired) electrons. The average Bonchev–Trinajstić information content (AvgIpc) is 1.97. The van der Waals surface area contributed by atoms with E-state index in [0.717, 1.165) is 0 Å². The Kier molecular flexibility index (Phi) is 4.07. The van der Waals surface area contributed by atoms with Crippen molar-refractivity contribution in [2.45, 2.75) is 71.6 Å². The second-order valence-electron chi connectivity index (χ2n) is 7.01. The molecule has 0 bridgehead atoms. The van der Waals surface area contributed by atoms with E-state index in [1.54, 1.807) is 0 Å². The molecular formula is C14H29NO. The van der Waals surface area contributed by atoms with Crippen LogP contribution in [0.15, 0.2) is 0 Å². The first kappa shape index (κ1) is 14.0. The van der Waals surface area contributed by atoms with Gasteiger partial charge in [0, 0.05) is 18.2 Å². The van der Waals surface area contributed by atoms with E-state index in [1.807, 2.05) is 7.11 Å². The Bertz CT molecular complexity index is 217. The predicted molar refractivity (Wildman–Crippen MR) is 69.7 cm³/mol. The molecule has 0 aromatic rings. The number of rotatable bonds is 3. The summed E-state index contributed by atoms with van der Waals surface area (Å²) in [5, 5.41) is 3.72. The molecule has 0 aliphatic carbocycles. The first-order valence-electron chi connectivity index (χ1n) is 6.49. The highest BCUT2D eigenvalue weighted by Crippen LogP contribution is 2.37. The Balaban J connectivity index is 2.80. The van der Waals surface area contributed by atoms with E-state index >= 15 is 0 Å². The molecule has 0 aromatic carbocycles. The molecule has 2 nitrogen and oxygen atoms in total. The van der Waals surface area contributed by atoms with Crippen molar-refractivity contribution in [1.29, 1.82) is 0 Å². The van der Waals surface area contributed by atoms with Crippen LogP contribution in [0.25, 0.3) is 0 Å². The van der Waals surface area contributed by atoms with Crippen molar-refractivity contribution in [3.63, 3.8) is 0 Å². The second kappa shape index (κ2) is 4.66. The minimum atomic E-state index is 0.220. The highest BCUT2D eigenvalue weighted by atomic mass is 16.5. The van der Waals surface area contributed by atoms with Gasteiger partial charge in [-0.1, -0.05) is 13.8 Å². The summed E-state index contributed by atoms with van der Waals surface area (Å²) in [6.07, 6.45) is 2.79. The van der Waals surface area contributed by atoms with Gasteiger partial charge in [-0.15, -0.1) is 0 Å². The maximum absolute atomic E-state index is 5.71. The molecule has 0 saturated carbocycles. The zero-order valence-corrected chi connectivity index (χ0v) is 12.1. The molecule has 2 heteroatoms. The highest BCUT2D eigenvalue weighted by molar-refractivity contribution is 4.99. The molecule has 96 valence electrons. The molecule has 1 unspecified atom stereocenters.